The SMILES string of the molecule is Nc1ncc(-c2ccc(N3CCNCC3)nc2)cc1C(=O)O. The van der Waals surface area contributed by atoms with E-state index in [4.69, 9.17) is 10.8 Å². The van der Waals surface area contributed by atoms with Gasteiger partial charge in [-0.1, -0.05) is 0 Å². The second-order valence-corrected chi connectivity index (χ2v) is 5.10. The summed E-state index contributed by atoms with van der Waals surface area (Å²) in [7, 11) is 0. The van der Waals surface area contributed by atoms with Gasteiger partial charge in [-0.05, 0) is 18.2 Å². The van der Waals surface area contributed by atoms with Gasteiger partial charge in [0.1, 0.15) is 17.2 Å². The van der Waals surface area contributed by atoms with E-state index in [9.17, 15) is 4.79 Å². The molecular weight excluding hydrogens is 282 g/mol. The Morgan fingerprint density at radius 1 is 1.18 bits per heavy atom. The third-order valence-electron chi connectivity index (χ3n) is 3.67. The van der Waals surface area contributed by atoms with Crippen molar-refractivity contribution in [3.8, 4) is 11.1 Å². The second kappa shape index (κ2) is 5.98. The van der Waals surface area contributed by atoms with E-state index in [1.807, 2.05) is 12.1 Å². The van der Waals surface area contributed by atoms with Crippen molar-refractivity contribution in [3.63, 3.8) is 0 Å². The van der Waals surface area contributed by atoms with Gasteiger partial charge in [-0.3, -0.25) is 0 Å². The normalized spacial score (nSPS) is 14.8. The molecule has 0 spiro atoms. The maximum atomic E-state index is 11.1. The number of carboxylic acid groups (broad SMARTS) is 1. The van der Waals surface area contributed by atoms with E-state index in [0.29, 0.717) is 5.56 Å². The highest BCUT2D eigenvalue weighted by Crippen LogP contribution is 2.23. The number of hydrogen-bond acceptors (Lipinski definition) is 6. The van der Waals surface area contributed by atoms with Gasteiger partial charge in [-0.2, -0.15) is 0 Å². The molecule has 0 atom stereocenters. The second-order valence-electron chi connectivity index (χ2n) is 5.10. The van der Waals surface area contributed by atoms with Crippen LogP contribution in [-0.2, 0) is 0 Å². The molecule has 1 saturated heterocycles. The van der Waals surface area contributed by atoms with Crippen molar-refractivity contribution >= 4 is 17.6 Å². The zero-order valence-corrected chi connectivity index (χ0v) is 12.0. The minimum atomic E-state index is -1.09. The van der Waals surface area contributed by atoms with Crippen LogP contribution in [0.2, 0.25) is 0 Å². The quantitative estimate of drug-likeness (QED) is 0.771. The smallest absolute Gasteiger partial charge is 0.339 e. The molecule has 0 aromatic carbocycles. The van der Waals surface area contributed by atoms with Gasteiger partial charge in [0, 0.05) is 49.7 Å². The average molecular weight is 299 g/mol. The number of carbonyl (C=O) groups is 1. The highest BCUT2D eigenvalue weighted by Gasteiger charge is 2.13. The van der Waals surface area contributed by atoms with Gasteiger partial charge in [0.25, 0.3) is 0 Å². The van der Waals surface area contributed by atoms with Crippen LogP contribution in [0.1, 0.15) is 10.4 Å². The number of aromatic nitrogens is 2. The van der Waals surface area contributed by atoms with E-state index in [1.165, 1.54) is 6.07 Å². The Hall–Kier alpha value is -2.67. The first-order valence-corrected chi connectivity index (χ1v) is 7.06. The Bertz CT molecular complexity index is 681. The Balaban J connectivity index is 1.86. The molecule has 0 saturated carbocycles. The molecule has 0 bridgehead atoms. The van der Waals surface area contributed by atoms with Crippen molar-refractivity contribution in [1.82, 2.24) is 15.3 Å². The molecule has 22 heavy (non-hydrogen) atoms. The monoisotopic (exact) mass is 299 g/mol. The molecule has 114 valence electrons. The van der Waals surface area contributed by atoms with Crippen molar-refractivity contribution in [2.75, 3.05) is 36.8 Å². The number of nitrogens with zero attached hydrogens (tertiary/aromatic N) is 3. The van der Waals surface area contributed by atoms with E-state index in [0.717, 1.165) is 37.6 Å². The number of nitrogens with one attached hydrogen (secondary N) is 1. The number of aromatic carboxylic acids is 1. The number of rotatable bonds is 3. The standard InChI is InChI=1S/C15H17N5O2/c16-14-12(15(21)22)7-11(9-19-14)10-1-2-13(18-8-10)20-5-3-17-4-6-20/h1-2,7-9,17H,3-6H2,(H2,16,19)(H,21,22). The van der Waals surface area contributed by atoms with Gasteiger partial charge >= 0.3 is 5.97 Å². The zero-order chi connectivity index (χ0) is 15.5. The van der Waals surface area contributed by atoms with Gasteiger partial charge in [-0.15, -0.1) is 0 Å². The van der Waals surface area contributed by atoms with Gasteiger partial charge in [0.05, 0.1) is 0 Å². The zero-order valence-electron chi connectivity index (χ0n) is 12.0. The highest BCUT2D eigenvalue weighted by molar-refractivity contribution is 5.94. The molecule has 3 heterocycles. The lowest BCUT2D eigenvalue weighted by atomic mass is 10.1. The number of nitrogen functional groups attached to an aromatic ring is 1. The lowest BCUT2D eigenvalue weighted by molar-refractivity contribution is 0.0697. The van der Waals surface area contributed by atoms with Crippen LogP contribution in [0.4, 0.5) is 11.6 Å². The fourth-order valence-corrected chi connectivity index (χ4v) is 2.44. The summed E-state index contributed by atoms with van der Waals surface area (Å²) < 4.78 is 0. The van der Waals surface area contributed by atoms with Crippen molar-refractivity contribution < 1.29 is 9.90 Å². The maximum Gasteiger partial charge on any atom is 0.339 e. The van der Waals surface area contributed by atoms with Gasteiger partial charge in [0.15, 0.2) is 0 Å². The number of anilines is 2. The van der Waals surface area contributed by atoms with E-state index in [-0.39, 0.29) is 11.4 Å². The van der Waals surface area contributed by atoms with Gasteiger partial charge in [-0.25, -0.2) is 14.8 Å². The van der Waals surface area contributed by atoms with E-state index >= 15 is 0 Å². The summed E-state index contributed by atoms with van der Waals surface area (Å²) in [5, 5.41) is 12.4. The van der Waals surface area contributed by atoms with Crippen molar-refractivity contribution in [2.45, 2.75) is 0 Å². The summed E-state index contributed by atoms with van der Waals surface area (Å²) in [5.41, 5.74) is 7.07. The molecule has 0 amide bonds. The number of hydrogen-bond donors (Lipinski definition) is 3. The minimum Gasteiger partial charge on any atom is -0.478 e. The first-order chi connectivity index (χ1) is 10.6. The molecule has 0 unspecified atom stereocenters. The number of nitrogens with two attached hydrogens (primary N) is 1. The number of piperazine rings is 1. The fourth-order valence-electron chi connectivity index (χ4n) is 2.44. The molecule has 7 heteroatoms. The molecule has 1 aliphatic heterocycles. The molecule has 1 fully saturated rings. The van der Waals surface area contributed by atoms with Crippen LogP contribution in [0.25, 0.3) is 11.1 Å². The molecule has 1 aliphatic rings. The van der Waals surface area contributed by atoms with E-state index in [2.05, 4.69) is 20.2 Å². The van der Waals surface area contributed by atoms with Crippen molar-refractivity contribution in [2.24, 2.45) is 0 Å². The highest BCUT2D eigenvalue weighted by atomic mass is 16.4. The Labute approximate surface area is 127 Å². The first-order valence-electron chi connectivity index (χ1n) is 7.06. The molecular formula is C15H17N5O2. The first kappa shape index (κ1) is 14.3. The van der Waals surface area contributed by atoms with E-state index < -0.39 is 5.97 Å². The Morgan fingerprint density at radius 2 is 1.91 bits per heavy atom. The maximum absolute atomic E-state index is 11.1. The summed E-state index contributed by atoms with van der Waals surface area (Å²) in [6.07, 6.45) is 3.29. The molecule has 0 radical (unpaired) electrons. The average Bonchev–Trinajstić information content (AvgIpc) is 2.56. The Kier molecular flexibility index (Phi) is 3.88. The van der Waals surface area contributed by atoms with Crippen LogP contribution < -0.4 is 16.0 Å². The van der Waals surface area contributed by atoms with Crippen LogP contribution >= 0.6 is 0 Å². The summed E-state index contributed by atoms with van der Waals surface area (Å²) >= 11 is 0. The topological polar surface area (TPSA) is 104 Å². The van der Waals surface area contributed by atoms with Crippen molar-refractivity contribution in [1.29, 1.82) is 0 Å². The number of carboxylic acids is 1. The fraction of sp³-hybridized carbons (Fsp3) is 0.267. The van der Waals surface area contributed by atoms with Crippen LogP contribution in [0.3, 0.4) is 0 Å². The van der Waals surface area contributed by atoms with Gasteiger partial charge in [0.2, 0.25) is 0 Å². The van der Waals surface area contributed by atoms with Gasteiger partial charge < -0.3 is 21.1 Å². The molecule has 0 aliphatic carbocycles. The molecule has 4 N–H and O–H groups in total. The molecule has 2 aromatic rings. The summed E-state index contributed by atoms with van der Waals surface area (Å²) in [6.45, 7) is 3.76. The van der Waals surface area contributed by atoms with E-state index in [1.54, 1.807) is 12.4 Å². The minimum absolute atomic E-state index is 0.00341. The number of pyridine rings is 2. The lowest BCUT2D eigenvalue weighted by Crippen LogP contribution is -2.43. The van der Waals surface area contributed by atoms with Crippen LogP contribution in [0.15, 0.2) is 30.6 Å². The van der Waals surface area contributed by atoms with Crippen molar-refractivity contribution in [3.05, 3.63) is 36.2 Å². The Morgan fingerprint density at radius 3 is 2.55 bits per heavy atom. The lowest BCUT2D eigenvalue weighted by Gasteiger charge is -2.28. The summed E-state index contributed by atoms with van der Waals surface area (Å²) in [5.74, 6) is -0.147. The summed E-state index contributed by atoms with van der Waals surface area (Å²) in [6, 6.07) is 5.38. The summed E-state index contributed by atoms with van der Waals surface area (Å²) in [4.78, 5) is 21.7. The predicted octanol–water partition coefficient (Wildman–Crippen LogP) is 0.834. The van der Waals surface area contributed by atoms with Crippen LogP contribution in [0.5, 0.6) is 0 Å². The largest absolute Gasteiger partial charge is 0.478 e. The van der Waals surface area contributed by atoms with Crippen LogP contribution in [-0.4, -0.2) is 47.2 Å². The predicted molar refractivity (Wildman–Crippen MR) is 83.9 cm³/mol. The molecule has 7 nitrogen and oxygen atoms in total. The third-order valence-corrected chi connectivity index (χ3v) is 3.67. The third kappa shape index (κ3) is 2.84. The molecule has 2 aromatic heterocycles. The van der Waals surface area contributed by atoms with Crippen LogP contribution in [0, 0.1) is 0 Å². The molecule has 3 rings (SSSR count).